The number of aromatic nitrogens is 4. The number of hydrogen-bond donors (Lipinski definition) is 3. The summed E-state index contributed by atoms with van der Waals surface area (Å²) in [5, 5.41) is 16.2. The highest BCUT2D eigenvalue weighted by Crippen LogP contribution is 2.24. The molecule has 0 bridgehead atoms. The number of H-pyrrole nitrogens is 2. The molecule has 1 aromatic carbocycles. The first kappa shape index (κ1) is 8.96. The number of aryl methyl sites for hydroxylation is 1. The van der Waals surface area contributed by atoms with Crippen molar-refractivity contribution in [3.63, 3.8) is 0 Å². The van der Waals surface area contributed by atoms with Gasteiger partial charge >= 0.3 is 0 Å². The molecule has 0 radical (unpaired) electrons. The molecule has 3 N–H and O–H groups in total. The van der Waals surface area contributed by atoms with Crippen LogP contribution in [0.2, 0.25) is 0 Å². The average Bonchev–Trinajstić information content (AvgIpc) is 2.82. The maximum absolute atomic E-state index is 9.36. The number of imidazole rings is 1. The van der Waals surface area contributed by atoms with E-state index in [1.165, 1.54) is 0 Å². The number of phenolic OH excluding ortho intramolecular Hbond substituents is 1. The number of phenols is 1. The molecule has 2 heterocycles. The van der Waals surface area contributed by atoms with Gasteiger partial charge in [-0.1, -0.05) is 0 Å². The lowest BCUT2D eigenvalue weighted by molar-refractivity contribution is 0.476. The average molecular weight is 214 g/mol. The van der Waals surface area contributed by atoms with Gasteiger partial charge in [0.05, 0.1) is 22.8 Å². The van der Waals surface area contributed by atoms with Crippen LogP contribution in [0.15, 0.2) is 24.4 Å². The third-order valence-electron chi connectivity index (χ3n) is 2.55. The fourth-order valence-corrected chi connectivity index (χ4v) is 1.71. The molecule has 5 nitrogen and oxygen atoms in total. The van der Waals surface area contributed by atoms with E-state index in [2.05, 4.69) is 20.2 Å². The van der Waals surface area contributed by atoms with Gasteiger partial charge in [0.1, 0.15) is 11.6 Å². The van der Waals surface area contributed by atoms with Crippen LogP contribution in [0.3, 0.4) is 0 Å². The number of aromatic hydroxyl groups is 1. The van der Waals surface area contributed by atoms with Gasteiger partial charge in [-0.15, -0.1) is 0 Å². The highest BCUT2D eigenvalue weighted by molar-refractivity contribution is 5.80. The maximum Gasteiger partial charge on any atom is 0.141 e. The van der Waals surface area contributed by atoms with Crippen LogP contribution in [-0.2, 0) is 0 Å². The van der Waals surface area contributed by atoms with E-state index in [0.717, 1.165) is 28.1 Å². The van der Waals surface area contributed by atoms with E-state index in [-0.39, 0.29) is 5.75 Å². The van der Waals surface area contributed by atoms with E-state index in [1.54, 1.807) is 24.4 Å². The number of rotatable bonds is 1. The summed E-state index contributed by atoms with van der Waals surface area (Å²) < 4.78 is 0. The Bertz CT molecular complexity index is 653. The Kier molecular flexibility index (Phi) is 1.73. The van der Waals surface area contributed by atoms with Crippen LogP contribution in [0, 0.1) is 6.92 Å². The summed E-state index contributed by atoms with van der Waals surface area (Å²) >= 11 is 0. The molecule has 5 heteroatoms. The number of benzene rings is 1. The quantitative estimate of drug-likeness (QED) is 0.579. The second-order valence-electron chi connectivity index (χ2n) is 3.70. The van der Waals surface area contributed by atoms with Gasteiger partial charge in [0.15, 0.2) is 0 Å². The Morgan fingerprint density at radius 2 is 2.19 bits per heavy atom. The van der Waals surface area contributed by atoms with Gasteiger partial charge in [0.2, 0.25) is 0 Å². The lowest BCUT2D eigenvalue weighted by Crippen LogP contribution is -1.80. The maximum atomic E-state index is 9.36. The molecule has 80 valence electrons. The third-order valence-corrected chi connectivity index (χ3v) is 2.55. The highest BCUT2D eigenvalue weighted by atomic mass is 16.3. The second-order valence-corrected chi connectivity index (χ2v) is 3.70. The minimum Gasteiger partial charge on any atom is -0.508 e. The molecular weight excluding hydrogens is 204 g/mol. The number of aromatic amines is 2. The monoisotopic (exact) mass is 214 g/mol. The SMILES string of the molecule is Cc1[nH]ncc1-c1nc2ccc(O)cc2[nH]1. The van der Waals surface area contributed by atoms with Gasteiger partial charge in [-0.05, 0) is 19.1 Å². The van der Waals surface area contributed by atoms with Gasteiger partial charge in [-0.25, -0.2) is 4.98 Å². The predicted octanol–water partition coefficient (Wildman–Crippen LogP) is 1.97. The van der Waals surface area contributed by atoms with Crippen molar-refractivity contribution in [1.82, 2.24) is 20.2 Å². The molecule has 0 aliphatic heterocycles. The van der Waals surface area contributed by atoms with Crippen LogP contribution >= 0.6 is 0 Å². The van der Waals surface area contributed by atoms with Crippen LogP contribution in [0.4, 0.5) is 0 Å². The number of nitrogens with zero attached hydrogens (tertiary/aromatic N) is 2. The third kappa shape index (κ3) is 1.25. The van der Waals surface area contributed by atoms with E-state index in [4.69, 9.17) is 0 Å². The van der Waals surface area contributed by atoms with E-state index >= 15 is 0 Å². The minimum absolute atomic E-state index is 0.228. The first-order chi connectivity index (χ1) is 7.74. The molecule has 0 saturated carbocycles. The summed E-state index contributed by atoms with van der Waals surface area (Å²) in [4.78, 5) is 7.58. The molecule has 3 rings (SSSR count). The van der Waals surface area contributed by atoms with Gasteiger partial charge in [-0.3, -0.25) is 5.10 Å². The van der Waals surface area contributed by atoms with Crippen molar-refractivity contribution in [2.75, 3.05) is 0 Å². The lowest BCUT2D eigenvalue weighted by atomic mass is 10.2. The largest absolute Gasteiger partial charge is 0.508 e. The standard InChI is InChI=1S/C11H10N4O/c1-6-8(5-12-15-6)11-13-9-3-2-7(16)4-10(9)14-11/h2-5,16H,1H3,(H,12,15)(H,13,14). The van der Waals surface area contributed by atoms with Gasteiger partial charge in [0.25, 0.3) is 0 Å². The first-order valence-corrected chi connectivity index (χ1v) is 4.93. The zero-order chi connectivity index (χ0) is 11.1. The summed E-state index contributed by atoms with van der Waals surface area (Å²) in [6.45, 7) is 1.94. The molecule has 2 aromatic heterocycles. The summed E-state index contributed by atoms with van der Waals surface area (Å²) in [7, 11) is 0. The van der Waals surface area contributed by atoms with Gasteiger partial charge in [-0.2, -0.15) is 5.10 Å². The Balaban J connectivity index is 2.23. The number of nitrogens with one attached hydrogen (secondary N) is 2. The lowest BCUT2D eigenvalue weighted by Gasteiger charge is -1.90. The first-order valence-electron chi connectivity index (χ1n) is 4.93. The normalized spacial score (nSPS) is 11.1. The topological polar surface area (TPSA) is 77.6 Å². The van der Waals surface area contributed by atoms with E-state index < -0.39 is 0 Å². The van der Waals surface area contributed by atoms with E-state index in [9.17, 15) is 5.11 Å². The van der Waals surface area contributed by atoms with Crippen LogP contribution < -0.4 is 0 Å². The van der Waals surface area contributed by atoms with Crippen molar-refractivity contribution in [3.8, 4) is 17.1 Å². The molecule has 0 atom stereocenters. The van der Waals surface area contributed by atoms with E-state index in [1.807, 2.05) is 6.92 Å². The summed E-state index contributed by atoms with van der Waals surface area (Å²) in [5.41, 5.74) is 3.54. The van der Waals surface area contributed by atoms with Gasteiger partial charge in [0, 0.05) is 11.8 Å². The fraction of sp³-hybridized carbons (Fsp3) is 0.0909. The Morgan fingerprint density at radius 3 is 2.94 bits per heavy atom. The van der Waals surface area contributed by atoms with Crippen LogP contribution in [0.5, 0.6) is 5.75 Å². The molecule has 0 spiro atoms. The molecular formula is C11H10N4O. The van der Waals surface area contributed by atoms with Crippen molar-refractivity contribution in [2.45, 2.75) is 6.92 Å². The predicted molar refractivity (Wildman–Crippen MR) is 60.1 cm³/mol. The highest BCUT2D eigenvalue weighted by Gasteiger charge is 2.09. The Labute approximate surface area is 91.2 Å². The Hall–Kier alpha value is -2.30. The fourth-order valence-electron chi connectivity index (χ4n) is 1.71. The molecule has 0 unspecified atom stereocenters. The van der Waals surface area contributed by atoms with Crippen molar-refractivity contribution >= 4 is 11.0 Å². The summed E-state index contributed by atoms with van der Waals surface area (Å²) in [5.74, 6) is 0.985. The van der Waals surface area contributed by atoms with Crippen molar-refractivity contribution in [1.29, 1.82) is 0 Å². The van der Waals surface area contributed by atoms with E-state index in [0.29, 0.717) is 0 Å². The van der Waals surface area contributed by atoms with Crippen LogP contribution in [-0.4, -0.2) is 25.3 Å². The van der Waals surface area contributed by atoms with Crippen molar-refractivity contribution in [2.24, 2.45) is 0 Å². The van der Waals surface area contributed by atoms with Crippen molar-refractivity contribution in [3.05, 3.63) is 30.1 Å². The minimum atomic E-state index is 0.228. The molecule has 0 fully saturated rings. The Morgan fingerprint density at radius 1 is 1.31 bits per heavy atom. The molecule has 0 aliphatic rings. The summed E-state index contributed by atoms with van der Waals surface area (Å²) in [6, 6.07) is 5.05. The van der Waals surface area contributed by atoms with Crippen molar-refractivity contribution < 1.29 is 5.11 Å². The van der Waals surface area contributed by atoms with Gasteiger partial charge < -0.3 is 10.1 Å². The van der Waals surface area contributed by atoms with Crippen LogP contribution in [0.1, 0.15) is 5.69 Å². The molecule has 0 amide bonds. The smallest absolute Gasteiger partial charge is 0.141 e. The molecule has 0 saturated heterocycles. The molecule has 3 aromatic rings. The zero-order valence-corrected chi connectivity index (χ0v) is 8.65. The molecule has 16 heavy (non-hydrogen) atoms. The zero-order valence-electron chi connectivity index (χ0n) is 8.65. The number of hydrogen-bond acceptors (Lipinski definition) is 3. The summed E-state index contributed by atoms with van der Waals surface area (Å²) in [6.07, 6.45) is 1.73. The number of fused-ring (bicyclic) bond motifs is 1. The molecule has 0 aliphatic carbocycles. The van der Waals surface area contributed by atoms with Crippen LogP contribution in [0.25, 0.3) is 22.4 Å². The second kappa shape index (κ2) is 3.10.